The first-order valence-corrected chi connectivity index (χ1v) is 7.11. The third-order valence-corrected chi connectivity index (χ3v) is 4.06. The molecule has 0 fully saturated rings. The van der Waals surface area contributed by atoms with E-state index in [2.05, 4.69) is 12.2 Å². The summed E-state index contributed by atoms with van der Waals surface area (Å²) in [6.07, 6.45) is 0.766. The average Bonchev–Trinajstić information content (AvgIpc) is 2.75. The summed E-state index contributed by atoms with van der Waals surface area (Å²) < 4.78 is 14.0. The van der Waals surface area contributed by atoms with E-state index in [1.165, 1.54) is 10.9 Å². The van der Waals surface area contributed by atoms with E-state index in [1.54, 1.807) is 23.5 Å². The van der Waals surface area contributed by atoms with Crippen molar-refractivity contribution in [3.05, 3.63) is 57.0 Å². The van der Waals surface area contributed by atoms with Crippen molar-refractivity contribution in [2.24, 2.45) is 0 Å². The lowest BCUT2D eigenvalue weighted by atomic mass is 10.0. The molecule has 0 spiro atoms. The van der Waals surface area contributed by atoms with Crippen molar-refractivity contribution in [1.29, 1.82) is 0 Å². The molecule has 0 aliphatic rings. The van der Waals surface area contributed by atoms with Gasteiger partial charge < -0.3 is 5.32 Å². The molecular weight excluding hydrogens is 269 g/mol. The Morgan fingerprint density at radius 3 is 2.78 bits per heavy atom. The molecule has 18 heavy (non-hydrogen) atoms. The van der Waals surface area contributed by atoms with Crippen LogP contribution in [0.25, 0.3) is 0 Å². The molecule has 0 aliphatic carbocycles. The van der Waals surface area contributed by atoms with E-state index in [0.29, 0.717) is 0 Å². The maximum absolute atomic E-state index is 13.2. The topological polar surface area (TPSA) is 12.0 Å². The summed E-state index contributed by atoms with van der Waals surface area (Å²) in [5.74, 6) is -0.188. The fourth-order valence-electron chi connectivity index (χ4n) is 1.93. The minimum atomic E-state index is -0.188. The zero-order valence-corrected chi connectivity index (χ0v) is 11.7. The van der Waals surface area contributed by atoms with E-state index in [9.17, 15) is 4.39 Å². The highest BCUT2D eigenvalue weighted by Gasteiger charge is 2.13. The molecule has 1 N–H and O–H groups in total. The first-order chi connectivity index (χ1) is 8.69. The van der Waals surface area contributed by atoms with Gasteiger partial charge in [-0.25, -0.2) is 4.39 Å². The Kier molecular flexibility index (Phi) is 4.75. The van der Waals surface area contributed by atoms with Gasteiger partial charge in [-0.2, -0.15) is 0 Å². The van der Waals surface area contributed by atoms with E-state index < -0.39 is 0 Å². The Balaban J connectivity index is 2.16. The molecule has 0 bridgehead atoms. The third-order valence-electron chi connectivity index (χ3n) is 2.72. The molecule has 1 heterocycles. The maximum atomic E-state index is 13.2. The first-order valence-electron chi connectivity index (χ1n) is 5.92. The summed E-state index contributed by atoms with van der Waals surface area (Å²) in [6, 6.07) is 10.9. The Labute approximate surface area is 116 Å². The molecule has 2 aromatic rings. The van der Waals surface area contributed by atoms with Crippen molar-refractivity contribution < 1.29 is 4.39 Å². The SMILES string of the molecule is CCNC(Cc1cccc(F)c1)c1ccc(Cl)s1. The quantitative estimate of drug-likeness (QED) is 0.856. The van der Waals surface area contributed by atoms with Crippen LogP contribution in [-0.4, -0.2) is 6.54 Å². The van der Waals surface area contributed by atoms with Gasteiger partial charge in [0.25, 0.3) is 0 Å². The molecule has 0 amide bonds. The summed E-state index contributed by atoms with van der Waals surface area (Å²) in [4.78, 5) is 1.19. The van der Waals surface area contributed by atoms with Crippen LogP contribution in [0.15, 0.2) is 36.4 Å². The summed E-state index contributed by atoms with van der Waals surface area (Å²) in [5.41, 5.74) is 0.991. The monoisotopic (exact) mass is 283 g/mol. The number of nitrogens with one attached hydrogen (secondary N) is 1. The van der Waals surface area contributed by atoms with Gasteiger partial charge in [-0.3, -0.25) is 0 Å². The molecule has 1 atom stereocenters. The fraction of sp³-hybridized carbons (Fsp3) is 0.286. The van der Waals surface area contributed by atoms with Crippen molar-refractivity contribution >= 4 is 22.9 Å². The van der Waals surface area contributed by atoms with Gasteiger partial charge in [-0.15, -0.1) is 11.3 Å². The molecule has 0 aliphatic heterocycles. The molecule has 1 aromatic heterocycles. The zero-order valence-electron chi connectivity index (χ0n) is 10.1. The van der Waals surface area contributed by atoms with Gasteiger partial charge in [-0.05, 0) is 42.8 Å². The van der Waals surface area contributed by atoms with Gasteiger partial charge in [0, 0.05) is 10.9 Å². The van der Waals surface area contributed by atoms with Crippen molar-refractivity contribution in [1.82, 2.24) is 5.32 Å². The molecule has 1 nitrogen and oxygen atoms in total. The van der Waals surface area contributed by atoms with Crippen LogP contribution in [0.4, 0.5) is 4.39 Å². The van der Waals surface area contributed by atoms with E-state index in [1.807, 2.05) is 18.2 Å². The van der Waals surface area contributed by atoms with Gasteiger partial charge >= 0.3 is 0 Å². The average molecular weight is 284 g/mol. The molecule has 2 rings (SSSR count). The van der Waals surface area contributed by atoms with Crippen LogP contribution in [0.3, 0.4) is 0 Å². The van der Waals surface area contributed by atoms with E-state index in [-0.39, 0.29) is 11.9 Å². The minimum absolute atomic E-state index is 0.188. The lowest BCUT2D eigenvalue weighted by molar-refractivity contribution is 0.554. The number of rotatable bonds is 5. The second kappa shape index (κ2) is 6.32. The second-order valence-corrected chi connectivity index (χ2v) is 5.83. The Bertz CT molecular complexity index is 512. The second-order valence-electron chi connectivity index (χ2n) is 4.09. The predicted molar refractivity (Wildman–Crippen MR) is 75.9 cm³/mol. The zero-order chi connectivity index (χ0) is 13.0. The lowest BCUT2D eigenvalue weighted by Gasteiger charge is -2.16. The van der Waals surface area contributed by atoms with Crippen molar-refractivity contribution in [3.8, 4) is 0 Å². The normalized spacial score (nSPS) is 12.6. The van der Waals surface area contributed by atoms with E-state index in [4.69, 9.17) is 11.6 Å². The van der Waals surface area contributed by atoms with Gasteiger partial charge in [0.1, 0.15) is 5.82 Å². The Morgan fingerprint density at radius 2 is 2.17 bits per heavy atom. The van der Waals surface area contributed by atoms with Crippen LogP contribution < -0.4 is 5.32 Å². The largest absolute Gasteiger partial charge is 0.309 e. The van der Waals surface area contributed by atoms with E-state index >= 15 is 0 Å². The molecule has 1 aromatic carbocycles. The van der Waals surface area contributed by atoms with Gasteiger partial charge in [0.15, 0.2) is 0 Å². The molecule has 96 valence electrons. The number of hydrogen-bond acceptors (Lipinski definition) is 2. The highest BCUT2D eigenvalue weighted by atomic mass is 35.5. The van der Waals surface area contributed by atoms with Crippen LogP contribution in [0.5, 0.6) is 0 Å². The highest BCUT2D eigenvalue weighted by Crippen LogP contribution is 2.29. The molecule has 4 heteroatoms. The summed E-state index contributed by atoms with van der Waals surface area (Å²) in [7, 11) is 0. The van der Waals surface area contributed by atoms with Crippen LogP contribution in [0, 0.1) is 5.82 Å². The van der Waals surface area contributed by atoms with Crippen molar-refractivity contribution in [3.63, 3.8) is 0 Å². The van der Waals surface area contributed by atoms with Gasteiger partial charge in [-0.1, -0.05) is 30.7 Å². The highest BCUT2D eigenvalue weighted by molar-refractivity contribution is 7.16. The van der Waals surface area contributed by atoms with Crippen LogP contribution >= 0.6 is 22.9 Å². The van der Waals surface area contributed by atoms with Crippen molar-refractivity contribution in [2.45, 2.75) is 19.4 Å². The fourth-order valence-corrected chi connectivity index (χ4v) is 3.07. The summed E-state index contributed by atoms with van der Waals surface area (Å²) in [6.45, 7) is 2.93. The van der Waals surface area contributed by atoms with Crippen LogP contribution in [0.1, 0.15) is 23.4 Å². The smallest absolute Gasteiger partial charge is 0.123 e. The first kappa shape index (κ1) is 13.5. The number of benzene rings is 1. The number of halogens is 2. The number of hydrogen-bond donors (Lipinski definition) is 1. The molecule has 1 unspecified atom stereocenters. The molecular formula is C14H15ClFNS. The van der Waals surface area contributed by atoms with Gasteiger partial charge in [0.2, 0.25) is 0 Å². The standard InChI is InChI=1S/C14H15ClFNS/c1-2-17-12(13-6-7-14(15)18-13)9-10-4-3-5-11(16)8-10/h3-8,12,17H,2,9H2,1H3. The Hall–Kier alpha value is -0.900. The van der Waals surface area contributed by atoms with E-state index in [0.717, 1.165) is 22.9 Å². The third kappa shape index (κ3) is 3.55. The summed E-state index contributed by atoms with van der Waals surface area (Å²) in [5, 5.41) is 3.41. The number of likely N-dealkylation sites (N-methyl/N-ethyl adjacent to an activating group) is 1. The van der Waals surface area contributed by atoms with Crippen LogP contribution in [-0.2, 0) is 6.42 Å². The number of thiophene rings is 1. The minimum Gasteiger partial charge on any atom is -0.309 e. The lowest BCUT2D eigenvalue weighted by Crippen LogP contribution is -2.22. The van der Waals surface area contributed by atoms with Crippen LogP contribution in [0.2, 0.25) is 4.34 Å². The van der Waals surface area contributed by atoms with Gasteiger partial charge in [0.05, 0.1) is 4.34 Å². The maximum Gasteiger partial charge on any atom is 0.123 e. The molecule has 0 radical (unpaired) electrons. The Morgan fingerprint density at radius 1 is 1.33 bits per heavy atom. The predicted octanol–water partition coefficient (Wildman–Crippen LogP) is 4.43. The van der Waals surface area contributed by atoms with Crippen molar-refractivity contribution in [2.75, 3.05) is 6.54 Å². The summed E-state index contributed by atoms with van der Waals surface area (Å²) >= 11 is 7.53. The molecule has 0 saturated carbocycles. The molecule has 0 saturated heterocycles.